The van der Waals surface area contributed by atoms with Crippen molar-refractivity contribution in [1.29, 1.82) is 0 Å². The van der Waals surface area contributed by atoms with Gasteiger partial charge in [0.05, 0.1) is 24.1 Å². The number of nitrogens with zero attached hydrogens (tertiary/aromatic N) is 3. The maximum Gasteiger partial charge on any atom is 0.274 e. The molecule has 2 aromatic rings. The molecular formula is C18H21N3O4S. The molecule has 3 heterocycles. The average Bonchev–Trinajstić information content (AvgIpc) is 3.18. The molecular weight excluding hydrogens is 354 g/mol. The third kappa shape index (κ3) is 4.08. The second kappa shape index (κ2) is 8.37. The minimum Gasteiger partial charge on any atom is -0.377 e. The van der Waals surface area contributed by atoms with E-state index in [9.17, 15) is 14.4 Å². The van der Waals surface area contributed by atoms with Crippen LogP contribution in [0.2, 0.25) is 0 Å². The first-order chi connectivity index (χ1) is 12.6. The van der Waals surface area contributed by atoms with E-state index in [-0.39, 0.29) is 35.4 Å². The summed E-state index contributed by atoms with van der Waals surface area (Å²) in [6.07, 6.45) is 0.959. The summed E-state index contributed by atoms with van der Waals surface area (Å²) in [4.78, 5) is 39.5. The highest BCUT2D eigenvalue weighted by Gasteiger charge is 2.31. The van der Waals surface area contributed by atoms with Crippen molar-refractivity contribution < 1.29 is 14.3 Å². The number of ether oxygens (including phenoxy) is 1. The Bertz CT molecular complexity index is 831. The maximum atomic E-state index is 12.9. The Labute approximate surface area is 155 Å². The van der Waals surface area contributed by atoms with Crippen LogP contribution in [0, 0.1) is 0 Å². The molecule has 0 radical (unpaired) electrons. The van der Waals surface area contributed by atoms with Gasteiger partial charge in [0.15, 0.2) is 5.78 Å². The summed E-state index contributed by atoms with van der Waals surface area (Å²) in [6.45, 7) is 3.54. The summed E-state index contributed by atoms with van der Waals surface area (Å²) in [5.41, 5.74) is -0.0108. The summed E-state index contributed by atoms with van der Waals surface area (Å²) in [7, 11) is 0. The third-order valence-electron chi connectivity index (χ3n) is 4.23. The first-order valence-corrected chi connectivity index (χ1v) is 9.51. The van der Waals surface area contributed by atoms with Crippen molar-refractivity contribution in [2.24, 2.45) is 0 Å². The summed E-state index contributed by atoms with van der Waals surface area (Å²) in [6, 6.07) is 6.09. The van der Waals surface area contributed by atoms with Crippen molar-refractivity contribution in [2.45, 2.75) is 32.4 Å². The van der Waals surface area contributed by atoms with Gasteiger partial charge in [-0.25, -0.2) is 4.68 Å². The lowest BCUT2D eigenvalue weighted by Gasteiger charge is -2.35. The van der Waals surface area contributed by atoms with Gasteiger partial charge in [-0.2, -0.15) is 5.10 Å². The number of carbonyl (C=O) groups excluding carboxylic acids is 2. The minimum absolute atomic E-state index is 0.00258. The van der Waals surface area contributed by atoms with Crippen LogP contribution in [-0.4, -0.2) is 52.2 Å². The highest BCUT2D eigenvalue weighted by molar-refractivity contribution is 7.12. The van der Waals surface area contributed by atoms with Crippen LogP contribution in [0.3, 0.4) is 0 Å². The smallest absolute Gasteiger partial charge is 0.274 e. The van der Waals surface area contributed by atoms with E-state index in [1.54, 1.807) is 11.0 Å². The number of hydrogen-bond acceptors (Lipinski definition) is 6. The van der Waals surface area contributed by atoms with E-state index in [2.05, 4.69) is 5.10 Å². The molecule has 0 aromatic carbocycles. The molecule has 1 aliphatic heterocycles. The van der Waals surface area contributed by atoms with Crippen LogP contribution < -0.4 is 5.56 Å². The number of aromatic nitrogens is 2. The van der Waals surface area contributed by atoms with Crippen LogP contribution in [0.1, 0.15) is 39.9 Å². The van der Waals surface area contributed by atoms with Crippen LogP contribution in [-0.2, 0) is 11.3 Å². The Balaban J connectivity index is 1.78. The van der Waals surface area contributed by atoms with Crippen molar-refractivity contribution in [2.75, 3.05) is 19.8 Å². The van der Waals surface area contributed by atoms with E-state index in [0.29, 0.717) is 31.2 Å². The lowest BCUT2D eigenvalue weighted by molar-refractivity contribution is -0.00320. The van der Waals surface area contributed by atoms with Gasteiger partial charge in [-0.3, -0.25) is 14.4 Å². The molecule has 1 fully saturated rings. The van der Waals surface area contributed by atoms with Gasteiger partial charge in [0, 0.05) is 25.6 Å². The molecule has 0 N–H and O–H groups in total. The predicted molar refractivity (Wildman–Crippen MR) is 97.7 cm³/mol. The van der Waals surface area contributed by atoms with E-state index in [1.165, 1.54) is 28.2 Å². The van der Waals surface area contributed by atoms with Gasteiger partial charge in [0.1, 0.15) is 5.69 Å². The van der Waals surface area contributed by atoms with E-state index >= 15 is 0 Å². The van der Waals surface area contributed by atoms with Gasteiger partial charge in [0.2, 0.25) is 0 Å². The van der Waals surface area contributed by atoms with E-state index in [4.69, 9.17) is 4.74 Å². The lowest BCUT2D eigenvalue weighted by Crippen LogP contribution is -2.50. The number of aryl methyl sites for hydroxylation is 1. The Hall–Kier alpha value is -2.32. The molecule has 0 bridgehead atoms. The van der Waals surface area contributed by atoms with Gasteiger partial charge in [0.25, 0.3) is 11.5 Å². The minimum atomic E-state index is -0.334. The molecule has 8 heteroatoms. The van der Waals surface area contributed by atoms with Crippen LogP contribution in [0.5, 0.6) is 0 Å². The fourth-order valence-corrected chi connectivity index (χ4v) is 3.60. The molecule has 1 amide bonds. The molecule has 0 spiro atoms. The van der Waals surface area contributed by atoms with Gasteiger partial charge >= 0.3 is 0 Å². The highest BCUT2D eigenvalue weighted by atomic mass is 32.1. The van der Waals surface area contributed by atoms with Crippen molar-refractivity contribution in [3.8, 4) is 0 Å². The zero-order valence-corrected chi connectivity index (χ0v) is 15.4. The Morgan fingerprint density at radius 3 is 2.92 bits per heavy atom. The van der Waals surface area contributed by atoms with Crippen molar-refractivity contribution >= 4 is 23.0 Å². The maximum absolute atomic E-state index is 12.9. The van der Waals surface area contributed by atoms with Crippen molar-refractivity contribution in [3.63, 3.8) is 0 Å². The number of carbonyl (C=O) groups is 2. The second-order valence-corrected chi connectivity index (χ2v) is 7.06. The SMILES string of the molecule is CCCn1nc(C(=O)N2CCOC[C@H]2CC(=O)c2cccs2)ccc1=O. The predicted octanol–water partition coefficient (Wildman–Crippen LogP) is 1.83. The van der Waals surface area contributed by atoms with Crippen molar-refractivity contribution in [3.05, 3.63) is 50.6 Å². The molecule has 1 saturated heterocycles. The second-order valence-electron chi connectivity index (χ2n) is 6.11. The summed E-state index contributed by atoms with van der Waals surface area (Å²) < 4.78 is 6.78. The number of Topliss-reactive ketones (excluding diaryl/α,β-unsaturated/α-hetero) is 1. The Morgan fingerprint density at radius 2 is 2.19 bits per heavy atom. The number of hydrogen-bond donors (Lipinski definition) is 0. The molecule has 2 aromatic heterocycles. The zero-order valence-electron chi connectivity index (χ0n) is 14.6. The van der Waals surface area contributed by atoms with Gasteiger partial charge < -0.3 is 9.64 Å². The topological polar surface area (TPSA) is 81.5 Å². The summed E-state index contributed by atoms with van der Waals surface area (Å²) >= 11 is 1.39. The molecule has 3 rings (SSSR count). The monoisotopic (exact) mass is 375 g/mol. The standard InChI is InChI=1S/C18H21N3O4S/c1-2-7-21-17(23)6-5-14(19-21)18(24)20-8-9-25-12-13(20)11-15(22)16-4-3-10-26-16/h3-6,10,13H,2,7-9,11-12H2,1H3/t13-/m1/s1. The largest absolute Gasteiger partial charge is 0.377 e. The normalized spacial score (nSPS) is 17.3. The van der Waals surface area contributed by atoms with E-state index in [1.807, 2.05) is 18.4 Å². The Kier molecular flexibility index (Phi) is 5.95. The lowest BCUT2D eigenvalue weighted by atomic mass is 10.1. The third-order valence-corrected chi connectivity index (χ3v) is 5.14. The molecule has 138 valence electrons. The number of amides is 1. The zero-order chi connectivity index (χ0) is 18.5. The first kappa shape index (κ1) is 18.5. The molecule has 0 saturated carbocycles. The van der Waals surface area contributed by atoms with Gasteiger partial charge in [-0.1, -0.05) is 13.0 Å². The molecule has 0 aliphatic carbocycles. The molecule has 26 heavy (non-hydrogen) atoms. The average molecular weight is 375 g/mol. The quantitative estimate of drug-likeness (QED) is 0.720. The van der Waals surface area contributed by atoms with Gasteiger partial charge in [-0.05, 0) is 23.9 Å². The first-order valence-electron chi connectivity index (χ1n) is 8.63. The number of ketones is 1. The number of morpholine rings is 1. The van der Waals surface area contributed by atoms with Crippen LogP contribution >= 0.6 is 11.3 Å². The fraction of sp³-hybridized carbons (Fsp3) is 0.444. The van der Waals surface area contributed by atoms with Crippen LogP contribution in [0.4, 0.5) is 0 Å². The van der Waals surface area contributed by atoms with E-state index in [0.717, 1.165) is 6.42 Å². The fourth-order valence-electron chi connectivity index (χ4n) is 2.93. The number of thiophene rings is 1. The molecule has 0 unspecified atom stereocenters. The summed E-state index contributed by atoms with van der Waals surface area (Å²) in [5, 5.41) is 6.05. The summed E-state index contributed by atoms with van der Waals surface area (Å²) in [5.74, 6) is -0.278. The molecule has 7 nitrogen and oxygen atoms in total. The van der Waals surface area contributed by atoms with E-state index < -0.39 is 0 Å². The van der Waals surface area contributed by atoms with Crippen LogP contribution in [0.15, 0.2) is 34.4 Å². The van der Waals surface area contributed by atoms with Crippen molar-refractivity contribution in [1.82, 2.24) is 14.7 Å². The Morgan fingerprint density at radius 1 is 1.35 bits per heavy atom. The number of rotatable bonds is 6. The molecule has 1 aliphatic rings. The van der Waals surface area contributed by atoms with Gasteiger partial charge in [-0.15, -0.1) is 11.3 Å². The highest BCUT2D eigenvalue weighted by Crippen LogP contribution is 2.18. The molecule has 1 atom stereocenters. The van der Waals surface area contributed by atoms with Crippen LogP contribution in [0.25, 0.3) is 0 Å².